The molecule has 0 unspecified atom stereocenters. The maximum Gasteiger partial charge on any atom is 0.241 e. The van der Waals surface area contributed by atoms with E-state index in [1.807, 2.05) is 24.5 Å². The fourth-order valence-electron chi connectivity index (χ4n) is 4.15. The predicted molar refractivity (Wildman–Crippen MR) is 103 cm³/mol. The minimum absolute atomic E-state index is 0.0380. The van der Waals surface area contributed by atoms with Crippen LogP contribution in [0.1, 0.15) is 16.2 Å². The quantitative estimate of drug-likeness (QED) is 0.827. The minimum Gasteiger partial charge on any atom is -0.309 e. The number of likely N-dealkylation sites (N-methyl/N-ethyl adjacent to an activating group) is 1. The van der Waals surface area contributed by atoms with Gasteiger partial charge in [0.25, 0.3) is 0 Å². The molecule has 1 spiro atoms. The van der Waals surface area contributed by atoms with E-state index in [9.17, 15) is 9.18 Å². The third-order valence-electron chi connectivity index (χ3n) is 5.64. The SMILES string of the molecule is Cc1ccc(CN2CC[C@]3(C2)CN(c2cccc(F)c2)C(=O)CN3C)s1. The fourth-order valence-corrected chi connectivity index (χ4v) is 5.08. The number of amides is 1. The first-order chi connectivity index (χ1) is 12.4. The Morgan fingerprint density at radius 1 is 1.23 bits per heavy atom. The summed E-state index contributed by atoms with van der Waals surface area (Å²) >= 11 is 1.85. The van der Waals surface area contributed by atoms with Crippen molar-refractivity contribution in [1.82, 2.24) is 9.80 Å². The molecule has 1 amide bonds. The van der Waals surface area contributed by atoms with Crippen molar-refractivity contribution >= 4 is 22.9 Å². The van der Waals surface area contributed by atoms with Crippen LogP contribution in [0.2, 0.25) is 0 Å². The van der Waals surface area contributed by atoms with Gasteiger partial charge < -0.3 is 4.90 Å². The maximum atomic E-state index is 13.6. The second-order valence-electron chi connectivity index (χ2n) is 7.51. The van der Waals surface area contributed by atoms with E-state index in [-0.39, 0.29) is 17.3 Å². The molecular weight excluding hydrogens is 349 g/mol. The third-order valence-corrected chi connectivity index (χ3v) is 6.63. The highest BCUT2D eigenvalue weighted by molar-refractivity contribution is 7.11. The Morgan fingerprint density at radius 3 is 2.81 bits per heavy atom. The summed E-state index contributed by atoms with van der Waals surface area (Å²) in [5, 5.41) is 0. The summed E-state index contributed by atoms with van der Waals surface area (Å²) in [5.41, 5.74) is 0.599. The molecule has 3 heterocycles. The van der Waals surface area contributed by atoms with E-state index < -0.39 is 0 Å². The highest BCUT2D eigenvalue weighted by Gasteiger charge is 2.47. The van der Waals surface area contributed by atoms with Gasteiger partial charge in [0.2, 0.25) is 5.91 Å². The van der Waals surface area contributed by atoms with Crippen LogP contribution in [0.25, 0.3) is 0 Å². The van der Waals surface area contributed by atoms with Gasteiger partial charge in [0.15, 0.2) is 0 Å². The monoisotopic (exact) mass is 373 g/mol. The third kappa shape index (κ3) is 3.29. The molecule has 2 fully saturated rings. The maximum absolute atomic E-state index is 13.6. The lowest BCUT2D eigenvalue weighted by Crippen LogP contribution is -2.64. The lowest BCUT2D eigenvalue weighted by Gasteiger charge is -2.47. The Bertz CT molecular complexity index is 823. The highest BCUT2D eigenvalue weighted by Crippen LogP contribution is 2.34. The molecule has 4 nitrogen and oxygen atoms in total. The van der Waals surface area contributed by atoms with E-state index in [0.29, 0.717) is 18.8 Å². The van der Waals surface area contributed by atoms with Crippen LogP contribution in [0.3, 0.4) is 0 Å². The fraction of sp³-hybridized carbons (Fsp3) is 0.450. The molecule has 1 atom stereocenters. The molecule has 1 aromatic carbocycles. The summed E-state index contributed by atoms with van der Waals surface area (Å²) in [6, 6.07) is 10.7. The summed E-state index contributed by atoms with van der Waals surface area (Å²) in [5.74, 6) is -0.263. The van der Waals surface area contributed by atoms with E-state index in [1.165, 1.54) is 21.9 Å². The van der Waals surface area contributed by atoms with Crippen molar-refractivity contribution in [3.63, 3.8) is 0 Å². The summed E-state index contributed by atoms with van der Waals surface area (Å²) in [4.78, 5) is 21.7. The minimum atomic E-state index is -0.301. The van der Waals surface area contributed by atoms with E-state index in [2.05, 4.69) is 28.9 Å². The van der Waals surface area contributed by atoms with Gasteiger partial charge >= 0.3 is 0 Å². The second kappa shape index (κ2) is 6.76. The number of nitrogens with zero attached hydrogens (tertiary/aromatic N) is 3. The van der Waals surface area contributed by atoms with Crippen molar-refractivity contribution in [3.8, 4) is 0 Å². The number of thiophene rings is 1. The molecule has 2 aromatic rings. The van der Waals surface area contributed by atoms with Gasteiger partial charge in [-0.1, -0.05) is 6.07 Å². The van der Waals surface area contributed by atoms with Crippen LogP contribution in [-0.2, 0) is 11.3 Å². The lowest BCUT2D eigenvalue weighted by atomic mass is 9.92. The van der Waals surface area contributed by atoms with Gasteiger partial charge in [-0.15, -0.1) is 11.3 Å². The zero-order chi connectivity index (χ0) is 18.3. The van der Waals surface area contributed by atoms with Crippen LogP contribution in [0.4, 0.5) is 10.1 Å². The number of hydrogen-bond acceptors (Lipinski definition) is 4. The van der Waals surface area contributed by atoms with E-state index in [4.69, 9.17) is 0 Å². The number of benzene rings is 1. The average molecular weight is 373 g/mol. The largest absolute Gasteiger partial charge is 0.309 e. The molecule has 138 valence electrons. The molecular formula is C20H24FN3OS. The number of anilines is 1. The van der Waals surface area contributed by atoms with Gasteiger partial charge in [0.1, 0.15) is 5.82 Å². The van der Waals surface area contributed by atoms with E-state index >= 15 is 0 Å². The molecule has 2 aliphatic heterocycles. The van der Waals surface area contributed by atoms with Crippen LogP contribution in [0, 0.1) is 12.7 Å². The van der Waals surface area contributed by atoms with Gasteiger partial charge in [-0.25, -0.2) is 4.39 Å². The number of likely N-dealkylation sites (tertiary alicyclic amines) is 1. The van der Waals surface area contributed by atoms with Crippen LogP contribution in [0.15, 0.2) is 36.4 Å². The van der Waals surface area contributed by atoms with Gasteiger partial charge in [-0.05, 0) is 50.7 Å². The summed E-state index contributed by atoms with van der Waals surface area (Å²) in [7, 11) is 2.04. The van der Waals surface area contributed by atoms with Gasteiger partial charge in [-0.2, -0.15) is 0 Å². The van der Waals surface area contributed by atoms with Crippen LogP contribution < -0.4 is 4.90 Å². The average Bonchev–Trinajstić information content (AvgIpc) is 3.19. The number of rotatable bonds is 3. The summed E-state index contributed by atoms with van der Waals surface area (Å²) in [6.45, 7) is 6.04. The summed E-state index contributed by atoms with van der Waals surface area (Å²) in [6.07, 6.45) is 1.02. The smallest absolute Gasteiger partial charge is 0.241 e. The Hall–Kier alpha value is -1.76. The van der Waals surface area contributed by atoms with Gasteiger partial charge in [-0.3, -0.25) is 14.6 Å². The van der Waals surface area contributed by atoms with Crippen molar-refractivity contribution in [2.75, 3.05) is 38.1 Å². The first-order valence-electron chi connectivity index (χ1n) is 9.00. The standard InChI is InChI=1S/C20H24FN3OS/c1-15-6-7-18(26-15)11-23-9-8-20(13-23)14-24(19(25)12-22(20)2)17-5-3-4-16(21)10-17/h3-7,10H,8-9,11-14H2,1-2H3/t20-/m0/s1. The Morgan fingerprint density at radius 2 is 2.08 bits per heavy atom. The first-order valence-corrected chi connectivity index (χ1v) is 9.82. The molecule has 0 N–H and O–H groups in total. The number of halogens is 1. The molecule has 4 rings (SSSR count). The topological polar surface area (TPSA) is 26.8 Å². The van der Waals surface area contributed by atoms with Crippen LogP contribution >= 0.6 is 11.3 Å². The predicted octanol–water partition coefficient (Wildman–Crippen LogP) is 3.12. The second-order valence-corrected chi connectivity index (χ2v) is 8.89. The van der Waals surface area contributed by atoms with Crippen molar-refractivity contribution in [2.24, 2.45) is 0 Å². The van der Waals surface area contributed by atoms with Gasteiger partial charge in [0.05, 0.1) is 12.1 Å². The van der Waals surface area contributed by atoms with Crippen molar-refractivity contribution in [3.05, 3.63) is 52.0 Å². The first kappa shape index (κ1) is 17.6. The number of carbonyl (C=O) groups is 1. The molecule has 2 saturated heterocycles. The molecule has 0 aliphatic carbocycles. The molecule has 6 heteroatoms. The molecule has 0 bridgehead atoms. The van der Waals surface area contributed by atoms with Gasteiger partial charge in [0, 0.05) is 41.6 Å². The highest BCUT2D eigenvalue weighted by atomic mass is 32.1. The zero-order valence-corrected chi connectivity index (χ0v) is 16.1. The molecule has 0 radical (unpaired) electrons. The lowest BCUT2D eigenvalue weighted by molar-refractivity contribution is -0.123. The Kier molecular flexibility index (Phi) is 4.59. The van der Waals surface area contributed by atoms with Crippen molar-refractivity contribution < 1.29 is 9.18 Å². The van der Waals surface area contributed by atoms with Crippen LogP contribution in [-0.4, -0.2) is 54.5 Å². The normalized spacial score (nSPS) is 24.7. The Labute approximate surface area is 157 Å². The number of aryl methyl sites for hydroxylation is 1. The zero-order valence-electron chi connectivity index (χ0n) is 15.2. The van der Waals surface area contributed by atoms with Crippen molar-refractivity contribution in [1.29, 1.82) is 0 Å². The number of hydrogen-bond donors (Lipinski definition) is 0. The molecule has 0 saturated carbocycles. The van der Waals surface area contributed by atoms with E-state index in [1.54, 1.807) is 11.0 Å². The van der Waals surface area contributed by atoms with E-state index in [0.717, 1.165) is 26.1 Å². The van der Waals surface area contributed by atoms with Crippen molar-refractivity contribution in [2.45, 2.75) is 25.4 Å². The number of piperazine rings is 1. The number of carbonyl (C=O) groups excluding carboxylic acids is 1. The molecule has 1 aromatic heterocycles. The Balaban J connectivity index is 1.52. The molecule has 2 aliphatic rings. The summed E-state index contributed by atoms with van der Waals surface area (Å²) < 4.78 is 13.6. The van der Waals surface area contributed by atoms with Crippen LogP contribution in [0.5, 0.6) is 0 Å². The molecule has 26 heavy (non-hydrogen) atoms.